The van der Waals surface area contributed by atoms with Crippen LogP contribution >= 0.6 is 15.9 Å². The van der Waals surface area contributed by atoms with E-state index in [2.05, 4.69) is 36.7 Å². The molecule has 4 aromatic rings. The van der Waals surface area contributed by atoms with E-state index in [0.29, 0.717) is 12.0 Å². The topological polar surface area (TPSA) is 52.9 Å². The quantitative estimate of drug-likeness (QED) is 0.152. The minimum absolute atomic E-state index is 0.210. The number of halogens is 3. The molecule has 8 heteroatoms. The van der Waals surface area contributed by atoms with E-state index in [1.807, 2.05) is 91.9 Å². The van der Waals surface area contributed by atoms with Crippen LogP contribution in [0.1, 0.15) is 50.4 Å². The Kier molecular flexibility index (Phi) is 8.87. The van der Waals surface area contributed by atoms with Gasteiger partial charge in [-0.05, 0) is 69.7 Å². The Morgan fingerprint density at radius 1 is 0.860 bits per heavy atom. The lowest BCUT2D eigenvalue weighted by molar-refractivity contribution is -0.0819. The zero-order valence-electron chi connectivity index (χ0n) is 24.9. The first-order valence-corrected chi connectivity index (χ1v) is 17.2. The first kappa shape index (κ1) is 31.4. The second-order valence-electron chi connectivity index (χ2n) is 12.5. The van der Waals surface area contributed by atoms with E-state index < -0.39 is 38.5 Å². The number of aromatic hydroxyl groups is 2. The van der Waals surface area contributed by atoms with E-state index in [1.54, 1.807) is 11.0 Å². The molecule has 4 nitrogen and oxygen atoms in total. The van der Waals surface area contributed by atoms with Crippen LogP contribution in [-0.2, 0) is 10.8 Å². The smallest absolute Gasteiger partial charge is 0.282 e. The van der Waals surface area contributed by atoms with Gasteiger partial charge in [-0.15, -0.1) is 0 Å². The van der Waals surface area contributed by atoms with E-state index in [1.165, 1.54) is 6.07 Å². The summed E-state index contributed by atoms with van der Waals surface area (Å²) >= 11 is 3.47. The lowest BCUT2D eigenvalue weighted by atomic mass is 9.84. The predicted molar refractivity (Wildman–Crippen MR) is 174 cm³/mol. The number of phenols is 2. The fourth-order valence-electron chi connectivity index (χ4n) is 6.49. The summed E-state index contributed by atoms with van der Waals surface area (Å²) in [7, 11) is -3.17. The third-order valence-electron chi connectivity index (χ3n) is 8.46. The molecular weight excluding hydrogens is 628 g/mol. The molecular formula is C35H38BrF2NO3Si. The van der Waals surface area contributed by atoms with E-state index in [0.717, 1.165) is 26.0 Å². The molecule has 1 aliphatic heterocycles. The summed E-state index contributed by atoms with van der Waals surface area (Å²) < 4.78 is 40.3. The third-order valence-corrected chi connectivity index (χ3v) is 14.0. The van der Waals surface area contributed by atoms with Gasteiger partial charge in [0, 0.05) is 10.5 Å². The first-order chi connectivity index (χ1) is 20.3. The number of alkyl halides is 2. The predicted octanol–water partition coefficient (Wildman–Crippen LogP) is 7.41. The van der Waals surface area contributed by atoms with Gasteiger partial charge in [-0.1, -0.05) is 109 Å². The normalized spacial score (nSPS) is 17.9. The minimum atomic E-state index is -3.19. The van der Waals surface area contributed by atoms with Gasteiger partial charge >= 0.3 is 0 Å². The monoisotopic (exact) mass is 665 g/mol. The number of hydrogen-bond donors (Lipinski definition) is 2. The molecule has 0 unspecified atom stereocenters. The molecule has 226 valence electrons. The lowest BCUT2D eigenvalue weighted by Crippen LogP contribution is -2.67. The highest BCUT2D eigenvalue weighted by Crippen LogP contribution is 2.44. The summed E-state index contributed by atoms with van der Waals surface area (Å²) in [6.07, 6.45) is 0.460. The van der Waals surface area contributed by atoms with Crippen molar-refractivity contribution in [3.63, 3.8) is 0 Å². The number of fused-ring (bicyclic) bond motifs is 1. The highest BCUT2D eigenvalue weighted by Gasteiger charge is 2.52. The van der Waals surface area contributed by atoms with Crippen molar-refractivity contribution in [2.24, 2.45) is 0 Å². The van der Waals surface area contributed by atoms with Gasteiger partial charge in [0.15, 0.2) is 11.5 Å². The highest BCUT2D eigenvalue weighted by molar-refractivity contribution is 9.10. The van der Waals surface area contributed by atoms with Crippen LogP contribution in [0.4, 0.5) is 8.78 Å². The van der Waals surface area contributed by atoms with Gasteiger partial charge in [0.25, 0.3) is 14.2 Å². The summed E-state index contributed by atoms with van der Waals surface area (Å²) in [5.74, 6) is -3.67. The molecule has 43 heavy (non-hydrogen) atoms. The summed E-state index contributed by atoms with van der Waals surface area (Å²) in [5.41, 5.74) is 2.36. The number of benzene rings is 4. The van der Waals surface area contributed by atoms with Crippen molar-refractivity contribution in [1.82, 2.24) is 4.90 Å². The number of phenolic OH excluding ortho intramolecular Hbond substituents is 2. The molecule has 0 aliphatic carbocycles. The fraction of sp³-hybridized carbons (Fsp3) is 0.314. The van der Waals surface area contributed by atoms with Crippen LogP contribution < -0.4 is 10.4 Å². The first-order valence-electron chi connectivity index (χ1n) is 14.5. The van der Waals surface area contributed by atoms with Crippen molar-refractivity contribution >= 4 is 34.6 Å². The average molecular weight is 667 g/mol. The Labute approximate surface area is 262 Å². The Balaban J connectivity index is 1.52. The Morgan fingerprint density at radius 2 is 1.40 bits per heavy atom. The molecule has 0 bridgehead atoms. The molecule has 2 N–H and O–H groups in total. The SMILES string of the molecule is C[C@@H]1Cc2cc(O)c(O)cc2[C@@H](c2ccc(Br)cc2)N1CC(F)(F)CO[Si](c1ccccc1)(c1ccccc1)C(C)(C)C. The van der Waals surface area contributed by atoms with Crippen LogP contribution in [0.5, 0.6) is 11.5 Å². The Hall–Kier alpha value is -3.04. The van der Waals surface area contributed by atoms with Crippen LogP contribution in [0.3, 0.4) is 0 Å². The maximum atomic E-state index is 16.4. The minimum Gasteiger partial charge on any atom is -0.504 e. The molecule has 0 spiro atoms. The maximum absolute atomic E-state index is 16.4. The van der Waals surface area contributed by atoms with Gasteiger partial charge < -0.3 is 14.6 Å². The average Bonchev–Trinajstić information content (AvgIpc) is 2.96. The van der Waals surface area contributed by atoms with Crippen molar-refractivity contribution in [3.8, 4) is 11.5 Å². The summed E-state index contributed by atoms with van der Waals surface area (Å²) in [5, 5.41) is 22.1. The molecule has 0 saturated carbocycles. The van der Waals surface area contributed by atoms with Crippen LogP contribution in [0, 0.1) is 0 Å². The van der Waals surface area contributed by atoms with Crippen LogP contribution in [0.25, 0.3) is 0 Å². The van der Waals surface area contributed by atoms with Gasteiger partial charge in [0.1, 0.15) is 0 Å². The largest absolute Gasteiger partial charge is 0.504 e. The highest BCUT2D eigenvalue weighted by atomic mass is 79.9. The molecule has 0 fully saturated rings. The summed E-state index contributed by atoms with van der Waals surface area (Å²) in [4.78, 5) is 1.80. The van der Waals surface area contributed by atoms with Gasteiger partial charge in [-0.3, -0.25) is 4.90 Å². The molecule has 0 saturated heterocycles. The van der Waals surface area contributed by atoms with E-state index in [-0.39, 0.29) is 17.5 Å². The van der Waals surface area contributed by atoms with Gasteiger partial charge in [0.05, 0.1) is 19.2 Å². The Morgan fingerprint density at radius 3 is 1.93 bits per heavy atom. The molecule has 0 amide bonds. The van der Waals surface area contributed by atoms with Gasteiger partial charge in [0.2, 0.25) is 0 Å². The third kappa shape index (κ3) is 6.29. The number of nitrogens with zero attached hydrogens (tertiary/aromatic N) is 1. The second-order valence-corrected chi connectivity index (χ2v) is 17.7. The zero-order valence-corrected chi connectivity index (χ0v) is 27.5. The molecule has 5 rings (SSSR count). The van der Waals surface area contributed by atoms with E-state index >= 15 is 8.78 Å². The summed E-state index contributed by atoms with van der Waals surface area (Å²) in [6.45, 7) is 6.89. The second kappa shape index (κ2) is 12.2. The molecule has 4 aromatic carbocycles. The van der Waals surface area contributed by atoms with Crippen molar-refractivity contribution < 1.29 is 23.4 Å². The number of hydrogen-bond acceptors (Lipinski definition) is 4. The number of rotatable bonds is 8. The van der Waals surface area contributed by atoms with Crippen molar-refractivity contribution in [2.45, 2.75) is 57.2 Å². The van der Waals surface area contributed by atoms with E-state index in [4.69, 9.17) is 4.43 Å². The lowest BCUT2D eigenvalue weighted by Gasteiger charge is -2.46. The van der Waals surface area contributed by atoms with Gasteiger partial charge in [-0.2, -0.15) is 0 Å². The molecule has 2 atom stereocenters. The molecule has 0 radical (unpaired) electrons. The van der Waals surface area contributed by atoms with Crippen molar-refractivity contribution in [2.75, 3.05) is 13.2 Å². The van der Waals surface area contributed by atoms with Crippen molar-refractivity contribution in [1.29, 1.82) is 0 Å². The standard InChI is InChI=1S/C35H38BrF2NO3Si/c1-24-19-26-20-31(40)32(41)21-30(26)33(25-15-17-27(36)18-16-25)39(24)22-35(37,38)23-42-43(34(2,3)4,28-11-7-5-8-12-28)29-13-9-6-10-14-29/h5-18,20-21,24,33,40-41H,19,22-23H2,1-4H3/t24-,33-/m1/s1. The summed E-state index contributed by atoms with van der Waals surface area (Å²) in [6, 6.07) is 29.5. The molecule has 1 aliphatic rings. The van der Waals surface area contributed by atoms with E-state index in [9.17, 15) is 10.2 Å². The Bertz CT molecular complexity index is 1510. The van der Waals surface area contributed by atoms with Crippen molar-refractivity contribution in [3.05, 3.63) is 118 Å². The maximum Gasteiger partial charge on any atom is 0.282 e. The van der Waals surface area contributed by atoms with Crippen LogP contribution in [0.15, 0.2) is 102 Å². The van der Waals surface area contributed by atoms with Crippen LogP contribution in [0.2, 0.25) is 5.04 Å². The zero-order chi connectivity index (χ0) is 31.0. The fourth-order valence-corrected chi connectivity index (χ4v) is 11.3. The van der Waals surface area contributed by atoms with Gasteiger partial charge in [-0.25, -0.2) is 8.78 Å². The molecule has 1 heterocycles. The molecule has 0 aromatic heterocycles. The van der Waals surface area contributed by atoms with Crippen LogP contribution in [-0.4, -0.2) is 48.5 Å².